The lowest BCUT2D eigenvalue weighted by atomic mass is 9.91. The van der Waals surface area contributed by atoms with Gasteiger partial charge in [0.05, 0.1) is 11.5 Å². The van der Waals surface area contributed by atoms with E-state index in [-0.39, 0.29) is 12.1 Å². The summed E-state index contributed by atoms with van der Waals surface area (Å²) in [6, 6.07) is 8.79. The van der Waals surface area contributed by atoms with Crippen LogP contribution in [0, 0.1) is 0 Å². The molecule has 5 heteroatoms. The average Bonchev–Trinajstić information content (AvgIpc) is 3.00. The smallest absolute Gasteiger partial charge is 0.151 e. The van der Waals surface area contributed by atoms with Crippen LogP contribution in [0.3, 0.4) is 0 Å². The van der Waals surface area contributed by atoms with Gasteiger partial charge in [0.15, 0.2) is 9.84 Å². The number of sulfone groups is 1. The number of aromatic nitrogens is 1. The van der Waals surface area contributed by atoms with Crippen LogP contribution in [0.1, 0.15) is 36.6 Å². The highest BCUT2D eigenvalue weighted by molar-refractivity contribution is 7.91. The first-order valence-corrected chi connectivity index (χ1v) is 9.50. The van der Waals surface area contributed by atoms with E-state index in [1.807, 2.05) is 0 Å². The molecule has 0 saturated carbocycles. The molecule has 0 radical (unpaired) electrons. The Balaban J connectivity index is 1.64. The van der Waals surface area contributed by atoms with Crippen LogP contribution >= 0.6 is 0 Å². The molecule has 1 aromatic heterocycles. The fraction of sp³-hybridized carbons (Fsp3) is 0.500. The third kappa shape index (κ3) is 2.38. The zero-order valence-corrected chi connectivity index (χ0v) is 12.7. The molecule has 1 aliphatic carbocycles. The molecule has 2 unspecified atom stereocenters. The minimum Gasteiger partial charge on any atom is -0.357 e. The molecule has 0 amide bonds. The number of aromatic amines is 1. The van der Waals surface area contributed by atoms with Crippen molar-refractivity contribution >= 4 is 20.7 Å². The number of aryl methyl sites for hydroxylation is 1. The average molecular weight is 304 g/mol. The van der Waals surface area contributed by atoms with E-state index in [1.165, 1.54) is 22.2 Å². The number of rotatable bonds is 2. The molecule has 2 N–H and O–H groups in total. The van der Waals surface area contributed by atoms with Crippen LogP contribution < -0.4 is 5.32 Å². The molecule has 0 spiro atoms. The summed E-state index contributed by atoms with van der Waals surface area (Å²) in [5, 5.41) is 4.90. The van der Waals surface area contributed by atoms with E-state index in [0.29, 0.717) is 11.5 Å². The first-order valence-electron chi connectivity index (χ1n) is 7.68. The van der Waals surface area contributed by atoms with E-state index in [4.69, 9.17) is 0 Å². The van der Waals surface area contributed by atoms with Crippen LogP contribution in [0.2, 0.25) is 0 Å². The van der Waals surface area contributed by atoms with Gasteiger partial charge in [-0.1, -0.05) is 18.2 Å². The van der Waals surface area contributed by atoms with Gasteiger partial charge in [-0.15, -0.1) is 0 Å². The molecule has 4 nitrogen and oxygen atoms in total. The fourth-order valence-electron chi connectivity index (χ4n) is 3.79. The van der Waals surface area contributed by atoms with Gasteiger partial charge in [0.2, 0.25) is 0 Å². The molecule has 2 atom stereocenters. The van der Waals surface area contributed by atoms with E-state index in [0.717, 1.165) is 25.7 Å². The Morgan fingerprint density at radius 1 is 1.19 bits per heavy atom. The SMILES string of the molecule is O=S1(=O)CCC(NC2CCCc3c2[nH]c2ccccc32)C1. The Labute approximate surface area is 124 Å². The van der Waals surface area contributed by atoms with Gasteiger partial charge in [0.1, 0.15) is 0 Å². The van der Waals surface area contributed by atoms with Crippen LogP contribution in [0.4, 0.5) is 0 Å². The molecule has 2 heterocycles. The second-order valence-corrected chi connectivity index (χ2v) is 8.50. The minimum atomic E-state index is -2.82. The molecule has 1 aromatic carbocycles. The van der Waals surface area contributed by atoms with Crippen LogP contribution in [-0.4, -0.2) is 30.9 Å². The standard InChI is InChI=1S/C16H20N2O2S/c19-21(20)9-8-11(10-21)17-15-7-3-5-13-12-4-1-2-6-14(12)18-16(13)15/h1-2,4,6,11,15,17-18H,3,5,7-10H2. The van der Waals surface area contributed by atoms with Gasteiger partial charge in [-0.05, 0) is 37.3 Å². The zero-order chi connectivity index (χ0) is 14.4. The molecule has 1 saturated heterocycles. The summed E-state index contributed by atoms with van der Waals surface area (Å²) in [6.07, 6.45) is 4.09. The van der Waals surface area contributed by atoms with Crippen LogP contribution in [0.5, 0.6) is 0 Å². The van der Waals surface area contributed by atoms with E-state index in [2.05, 4.69) is 34.6 Å². The second kappa shape index (κ2) is 4.85. The monoisotopic (exact) mass is 304 g/mol. The highest BCUT2D eigenvalue weighted by Crippen LogP contribution is 2.35. The molecule has 21 heavy (non-hydrogen) atoms. The molecule has 4 rings (SSSR count). The highest BCUT2D eigenvalue weighted by atomic mass is 32.2. The van der Waals surface area contributed by atoms with Gasteiger partial charge in [-0.25, -0.2) is 8.42 Å². The van der Waals surface area contributed by atoms with Gasteiger partial charge >= 0.3 is 0 Å². The Morgan fingerprint density at radius 2 is 2.05 bits per heavy atom. The number of hydrogen-bond acceptors (Lipinski definition) is 3. The van der Waals surface area contributed by atoms with Gasteiger partial charge in [-0.3, -0.25) is 0 Å². The third-order valence-corrected chi connectivity index (χ3v) is 6.55. The van der Waals surface area contributed by atoms with Crippen molar-refractivity contribution in [3.05, 3.63) is 35.5 Å². The number of hydrogen-bond donors (Lipinski definition) is 2. The Bertz CT molecular complexity index is 779. The van der Waals surface area contributed by atoms with Gasteiger partial charge in [0, 0.05) is 28.7 Å². The lowest BCUT2D eigenvalue weighted by Gasteiger charge is -2.26. The quantitative estimate of drug-likeness (QED) is 0.895. The summed E-state index contributed by atoms with van der Waals surface area (Å²) in [5.74, 6) is 0.621. The van der Waals surface area contributed by atoms with Crippen LogP contribution in [0.25, 0.3) is 10.9 Å². The molecule has 2 aliphatic rings. The van der Waals surface area contributed by atoms with E-state index in [1.54, 1.807) is 0 Å². The highest BCUT2D eigenvalue weighted by Gasteiger charge is 2.32. The maximum Gasteiger partial charge on any atom is 0.151 e. The number of benzene rings is 1. The molecular formula is C16H20N2O2S. The largest absolute Gasteiger partial charge is 0.357 e. The van der Waals surface area contributed by atoms with Gasteiger partial charge < -0.3 is 10.3 Å². The molecular weight excluding hydrogens is 284 g/mol. The van der Waals surface area contributed by atoms with Crippen LogP contribution in [0.15, 0.2) is 24.3 Å². The maximum atomic E-state index is 11.6. The lowest BCUT2D eigenvalue weighted by Crippen LogP contribution is -2.35. The van der Waals surface area contributed by atoms with Crippen molar-refractivity contribution in [3.8, 4) is 0 Å². The summed E-state index contributed by atoms with van der Waals surface area (Å²) in [5.41, 5.74) is 3.87. The van der Waals surface area contributed by atoms with Crippen molar-refractivity contribution in [2.75, 3.05) is 11.5 Å². The summed E-state index contributed by atoms with van der Waals surface area (Å²) < 4.78 is 23.2. The topological polar surface area (TPSA) is 62.0 Å². The van der Waals surface area contributed by atoms with E-state index >= 15 is 0 Å². The summed E-state index contributed by atoms with van der Waals surface area (Å²) in [4.78, 5) is 3.55. The first-order chi connectivity index (χ1) is 10.1. The van der Waals surface area contributed by atoms with Gasteiger partial charge in [-0.2, -0.15) is 0 Å². The predicted octanol–water partition coefficient (Wildman–Crippen LogP) is 2.32. The molecule has 1 fully saturated rings. The lowest BCUT2D eigenvalue weighted by molar-refractivity contribution is 0.406. The number of H-pyrrole nitrogens is 1. The van der Waals surface area contributed by atoms with Crippen molar-refractivity contribution in [2.24, 2.45) is 0 Å². The van der Waals surface area contributed by atoms with Crippen molar-refractivity contribution in [3.63, 3.8) is 0 Å². The molecule has 112 valence electrons. The number of fused-ring (bicyclic) bond motifs is 3. The predicted molar refractivity (Wildman–Crippen MR) is 84.2 cm³/mol. The Hall–Kier alpha value is -1.33. The zero-order valence-electron chi connectivity index (χ0n) is 11.9. The first kappa shape index (κ1) is 13.3. The third-order valence-electron chi connectivity index (χ3n) is 4.78. The molecule has 0 bridgehead atoms. The fourth-order valence-corrected chi connectivity index (χ4v) is 5.48. The Morgan fingerprint density at radius 3 is 2.86 bits per heavy atom. The number of nitrogens with one attached hydrogen (secondary N) is 2. The summed E-state index contributed by atoms with van der Waals surface area (Å²) in [7, 11) is -2.82. The van der Waals surface area contributed by atoms with Crippen LogP contribution in [-0.2, 0) is 16.3 Å². The van der Waals surface area contributed by atoms with Gasteiger partial charge in [0.25, 0.3) is 0 Å². The second-order valence-electron chi connectivity index (χ2n) is 6.27. The summed E-state index contributed by atoms with van der Waals surface area (Å²) >= 11 is 0. The summed E-state index contributed by atoms with van der Waals surface area (Å²) in [6.45, 7) is 0. The number of para-hydroxylation sites is 1. The van der Waals surface area contributed by atoms with Crippen molar-refractivity contribution in [1.82, 2.24) is 10.3 Å². The Kier molecular flexibility index (Phi) is 3.08. The molecule has 2 aromatic rings. The van der Waals surface area contributed by atoms with E-state index in [9.17, 15) is 8.42 Å². The minimum absolute atomic E-state index is 0.109. The van der Waals surface area contributed by atoms with Crippen molar-refractivity contribution < 1.29 is 8.42 Å². The normalized spacial score (nSPS) is 27.8. The van der Waals surface area contributed by atoms with Crippen molar-refractivity contribution in [1.29, 1.82) is 0 Å². The molecule has 1 aliphatic heterocycles. The maximum absolute atomic E-state index is 11.6. The van der Waals surface area contributed by atoms with E-state index < -0.39 is 9.84 Å². The van der Waals surface area contributed by atoms with Crippen molar-refractivity contribution in [2.45, 2.75) is 37.8 Å².